The van der Waals surface area contributed by atoms with Gasteiger partial charge in [-0.15, -0.1) is 0 Å². The Kier molecular flexibility index (Phi) is 4.12. The van der Waals surface area contributed by atoms with Gasteiger partial charge in [-0.2, -0.15) is 5.26 Å². The van der Waals surface area contributed by atoms with Gasteiger partial charge in [0.15, 0.2) is 0 Å². The summed E-state index contributed by atoms with van der Waals surface area (Å²) >= 11 is 0. The second kappa shape index (κ2) is 5.36. The monoisotopic (exact) mass is 220 g/mol. The van der Waals surface area contributed by atoms with Gasteiger partial charge in [0.05, 0.1) is 12.5 Å². The van der Waals surface area contributed by atoms with Crippen molar-refractivity contribution >= 4 is 5.97 Å². The van der Waals surface area contributed by atoms with E-state index in [1.807, 2.05) is 33.0 Å². The van der Waals surface area contributed by atoms with Crippen LogP contribution in [0.25, 0.3) is 0 Å². The van der Waals surface area contributed by atoms with E-state index in [2.05, 4.69) is 0 Å². The number of hydrogen-bond donors (Lipinski definition) is 0. The Balaban J connectivity index is 2.72. The maximum atomic E-state index is 11.8. The van der Waals surface area contributed by atoms with Crippen LogP contribution in [0.1, 0.15) is 35.9 Å². The highest BCUT2D eigenvalue weighted by atomic mass is 16.5. The van der Waals surface area contributed by atoms with Gasteiger partial charge < -0.3 is 9.30 Å². The van der Waals surface area contributed by atoms with Crippen LogP contribution in [0.4, 0.5) is 0 Å². The molecule has 0 radical (unpaired) electrons. The van der Waals surface area contributed by atoms with Crippen molar-refractivity contribution in [2.24, 2.45) is 7.05 Å². The zero-order valence-corrected chi connectivity index (χ0v) is 9.86. The molecule has 1 atom stereocenters. The minimum Gasteiger partial charge on any atom is -0.457 e. The van der Waals surface area contributed by atoms with Crippen LogP contribution < -0.4 is 0 Å². The third-order valence-corrected chi connectivity index (χ3v) is 2.63. The number of aryl methyl sites for hydroxylation is 1. The predicted molar refractivity (Wildman–Crippen MR) is 59.9 cm³/mol. The first-order chi connectivity index (χ1) is 7.60. The number of rotatable bonds is 4. The van der Waals surface area contributed by atoms with E-state index in [0.29, 0.717) is 12.1 Å². The number of nitrogens with zero attached hydrogens (tertiary/aromatic N) is 2. The Labute approximate surface area is 95.4 Å². The average Bonchev–Trinajstić information content (AvgIpc) is 2.59. The third-order valence-electron chi connectivity index (χ3n) is 2.63. The minimum atomic E-state index is -0.363. The van der Waals surface area contributed by atoms with Gasteiger partial charge in [-0.3, -0.25) is 0 Å². The molecular weight excluding hydrogens is 204 g/mol. The number of carbonyl (C=O) groups excluding carboxylic acids is 1. The normalized spacial score (nSPS) is 11.9. The molecule has 1 rings (SSSR count). The van der Waals surface area contributed by atoms with Crippen molar-refractivity contribution in [2.75, 3.05) is 0 Å². The number of aromatic nitrogens is 1. The molecule has 0 N–H and O–H groups in total. The van der Waals surface area contributed by atoms with Gasteiger partial charge >= 0.3 is 5.97 Å². The van der Waals surface area contributed by atoms with E-state index in [1.165, 1.54) is 0 Å². The highest BCUT2D eigenvalue weighted by molar-refractivity contribution is 5.88. The predicted octanol–water partition coefficient (Wildman–Crippen LogP) is 2.18. The number of carbonyl (C=O) groups is 1. The van der Waals surface area contributed by atoms with Gasteiger partial charge in [-0.25, -0.2) is 4.79 Å². The van der Waals surface area contributed by atoms with Gasteiger partial charge in [0.1, 0.15) is 11.8 Å². The zero-order valence-electron chi connectivity index (χ0n) is 9.86. The van der Waals surface area contributed by atoms with Gasteiger partial charge in [0, 0.05) is 12.7 Å². The first kappa shape index (κ1) is 12.3. The molecule has 0 saturated heterocycles. The highest BCUT2D eigenvalue weighted by Gasteiger charge is 2.17. The molecule has 86 valence electrons. The maximum absolute atomic E-state index is 11.8. The van der Waals surface area contributed by atoms with Crippen LogP contribution in [0.2, 0.25) is 0 Å². The minimum absolute atomic E-state index is 0.242. The lowest BCUT2D eigenvalue weighted by Crippen LogP contribution is -2.19. The Morgan fingerprint density at radius 2 is 2.31 bits per heavy atom. The molecule has 0 aliphatic rings. The van der Waals surface area contributed by atoms with Crippen molar-refractivity contribution in [1.29, 1.82) is 5.26 Å². The van der Waals surface area contributed by atoms with Crippen molar-refractivity contribution in [2.45, 2.75) is 32.8 Å². The van der Waals surface area contributed by atoms with E-state index in [1.54, 1.807) is 10.6 Å². The molecule has 0 spiro atoms. The molecule has 4 heteroatoms. The Morgan fingerprint density at radius 1 is 1.62 bits per heavy atom. The van der Waals surface area contributed by atoms with Crippen LogP contribution >= 0.6 is 0 Å². The van der Waals surface area contributed by atoms with E-state index in [4.69, 9.17) is 10.00 Å². The van der Waals surface area contributed by atoms with Crippen LogP contribution in [-0.4, -0.2) is 16.6 Å². The topological polar surface area (TPSA) is 55.0 Å². The summed E-state index contributed by atoms with van der Waals surface area (Å²) in [6.45, 7) is 3.81. The molecule has 0 aliphatic heterocycles. The number of esters is 1. The zero-order chi connectivity index (χ0) is 12.1. The van der Waals surface area contributed by atoms with Crippen LogP contribution in [0.5, 0.6) is 0 Å². The van der Waals surface area contributed by atoms with Crippen LogP contribution in [0.15, 0.2) is 12.1 Å². The quantitative estimate of drug-likeness (QED) is 0.731. The van der Waals surface area contributed by atoms with Crippen LogP contribution in [-0.2, 0) is 11.8 Å². The van der Waals surface area contributed by atoms with Crippen molar-refractivity contribution < 1.29 is 9.53 Å². The molecule has 0 fully saturated rings. The lowest BCUT2D eigenvalue weighted by atomic mass is 10.2. The summed E-state index contributed by atoms with van der Waals surface area (Å²) in [5.41, 5.74) is 1.52. The molecular formula is C12H16N2O2. The highest BCUT2D eigenvalue weighted by Crippen LogP contribution is 2.11. The molecule has 0 saturated carbocycles. The first-order valence-corrected chi connectivity index (χ1v) is 5.30. The molecule has 4 nitrogen and oxygen atoms in total. The van der Waals surface area contributed by atoms with E-state index in [0.717, 1.165) is 5.69 Å². The Bertz CT molecular complexity index is 415. The first-order valence-electron chi connectivity index (χ1n) is 5.30. The van der Waals surface area contributed by atoms with Gasteiger partial charge in [-0.05, 0) is 25.5 Å². The van der Waals surface area contributed by atoms with Gasteiger partial charge in [0.25, 0.3) is 0 Å². The van der Waals surface area contributed by atoms with Crippen LogP contribution in [0.3, 0.4) is 0 Å². The molecule has 0 aromatic carbocycles. The largest absolute Gasteiger partial charge is 0.457 e. The fourth-order valence-electron chi connectivity index (χ4n) is 1.40. The maximum Gasteiger partial charge on any atom is 0.355 e. The summed E-state index contributed by atoms with van der Waals surface area (Å²) in [5, 5.41) is 8.56. The number of ether oxygens (including phenoxy) is 1. The smallest absolute Gasteiger partial charge is 0.355 e. The average molecular weight is 220 g/mol. The molecule has 16 heavy (non-hydrogen) atoms. The van der Waals surface area contributed by atoms with Crippen LogP contribution in [0, 0.1) is 18.3 Å². The summed E-state index contributed by atoms with van der Waals surface area (Å²) in [5.74, 6) is -0.363. The number of hydrogen-bond acceptors (Lipinski definition) is 3. The summed E-state index contributed by atoms with van der Waals surface area (Å²) in [6.07, 6.45) is 0.585. The second-order valence-electron chi connectivity index (χ2n) is 3.72. The van der Waals surface area contributed by atoms with Crippen molar-refractivity contribution in [1.82, 2.24) is 4.57 Å². The van der Waals surface area contributed by atoms with E-state index < -0.39 is 0 Å². The van der Waals surface area contributed by atoms with Crippen molar-refractivity contribution in [3.63, 3.8) is 0 Å². The molecule has 1 aromatic heterocycles. The lowest BCUT2D eigenvalue weighted by molar-refractivity contribution is 0.0292. The number of nitriles is 1. The molecule has 0 amide bonds. The van der Waals surface area contributed by atoms with Crippen molar-refractivity contribution in [3.05, 3.63) is 23.5 Å². The molecule has 1 heterocycles. The molecule has 1 unspecified atom stereocenters. The summed E-state index contributed by atoms with van der Waals surface area (Å²) in [7, 11) is 1.82. The van der Waals surface area contributed by atoms with E-state index >= 15 is 0 Å². The molecule has 1 aromatic rings. The van der Waals surface area contributed by atoms with E-state index in [9.17, 15) is 4.79 Å². The Morgan fingerprint density at radius 3 is 2.75 bits per heavy atom. The second-order valence-corrected chi connectivity index (χ2v) is 3.72. The summed E-state index contributed by atoms with van der Waals surface area (Å²) in [4.78, 5) is 11.8. The van der Waals surface area contributed by atoms with E-state index in [-0.39, 0.29) is 18.5 Å². The Hall–Kier alpha value is -1.76. The van der Waals surface area contributed by atoms with Crippen molar-refractivity contribution in [3.8, 4) is 6.07 Å². The SMILES string of the molecule is CCC(CC#N)OC(=O)c1ccc(C)n1C. The fraction of sp³-hybridized carbons (Fsp3) is 0.500. The third kappa shape index (κ3) is 2.63. The standard InChI is InChI=1S/C12H16N2O2/c1-4-10(7-8-13)16-12(15)11-6-5-9(2)14(11)3/h5-6,10H,4,7H2,1-3H3. The molecule has 0 bridgehead atoms. The lowest BCUT2D eigenvalue weighted by Gasteiger charge is -2.13. The van der Waals surface area contributed by atoms with Gasteiger partial charge in [0.2, 0.25) is 0 Å². The fourth-order valence-corrected chi connectivity index (χ4v) is 1.40. The summed E-state index contributed by atoms with van der Waals surface area (Å²) in [6, 6.07) is 5.61. The molecule has 0 aliphatic carbocycles. The summed E-state index contributed by atoms with van der Waals surface area (Å²) < 4.78 is 7.02. The van der Waals surface area contributed by atoms with Gasteiger partial charge in [-0.1, -0.05) is 6.92 Å².